The van der Waals surface area contributed by atoms with E-state index in [0.717, 1.165) is 0 Å². The van der Waals surface area contributed by atoms with Gasteiger partial charge in [-0.3, -0.25) is 9.48 Å². The Morgan fingerprint density at radius 2 is 2.00 bits per heavy atom. The van der Waals surface area contributed by atoms with Crippen LogP contribution in [0, 0.1) is 0 Å². The van der Waals surface area contributed by atoms with Gasteiger partial charge in [-0.2, -0.15) is 22.5 Å². The maximum Gasteiger partial charge on any atom is 0.326 e. The molecule has 0 aliphatic rings. The van der Waals surface area contributed by atoms with Crippen molar-refractivity contribution >= 4 is 16.2 Å². The highest BCUT2D eigenvalue weighted by Gasteiger charge is 2.30. The Morgan fingerprint density at radius 1 is 1.43 bits per heavy atom. The molecule has 1 unspecified atom stereocenters. The molecule has 0 fully saturated rings. The summed E-state index contributed by atoms with van der Waals surface area (Å²) >= 11 is 0. The summed E-state index contributed by atoms with van der Waals surface area (Å²) in [5.74, 6) is -1.26. The second kappa shape index (κ2) is 7.53. The molecule has 0 saturated heterocycles. The van der Waals surface area contributed by atoms with Gasteiger partial charge < -0.3 is 5.11 Å². The number of aromatic nitrogens is 2. The molecule has 0 spiro atoms. The third-order valence-corrected chi connectivity index (χ3v) is 4.44. The van der Waals surface area contributed by atoms with Crippen LogP contribution in [0.25, 0.3) is 0 Å². The maximum absolute atomic E-state index is 12.3. The molecule has 8 nitrogen and oxygen atoms in total. The minimum Gasteiger partial charge on any atom is -0.480 e. The van der Waals surface area contributed by atoms with Crippen molar-refractivity contribution in [3.8, 4) is 0 Å². The normalized spacial score (nSPS) is 13.5. The molecule has 0 radical (unpaired) electrons. The average molecular weight is 318 g/mol. The summed E-state index contributed by atoms with van der Waals surface area (Å²) in [6.45, 7) is 4.44. The third kappa shape index (κ3) is 4.80. The molecule has 0 saturated carbocycles. The number of nitrogens with one attached hydrogen (secondary N) is 1. The molecule has 1 aromatic heterocycles. The minimum absolute atomic E-state index is 0.293. The summed E-state index contributed by atoms with van der Waals surface area (Å²) in [7, 11) is -2.23. The molecule has 2 N–H and O–H groups in total. The number of carbonyl (C=O) groups is 1. The van der Waals surface area contributed by atoms with Crippen LogP contribution in [0.1, 0.15) is 38.3 Å². The van der Waals surface area contributed by atoms with E-state index in [4.69, 9.17) is 0 Å². The van der Waals surface area contributed by atoms with Gasteiger partial charge in [-0.05, 0) is 12.8 Å². The summed E-state index contributed by atoms with van der Waals surface area (Å²) in [4.78, 5) is 11.3. The van der Waals surface area contributed by atoms with Gasteiger partial charge >= 0.3 is 5.97 Å². The average Bonchev–Trinajstić information content (AvgIpc) is 2.82. The van der Waals surface area contributed by atoms with E-state index in [1.165, 1.54) is 21.4 Å². The Balaban J connectivity index is 2.98. The number of carboxylic acids is 1. The highest BCUT2D eigenvalue weighted by atomic mass is 32.2. The van der Waals surface area contributed by atoms with E-state index in [-0.39, 0.29) is 0 Å². The molecule has 0 amide bonds. The molecule has 1 atom stereocenters. The molecule has 1 rings (SSSR count). The Kier molecular flexibility index (Phi) is 6.31. The van der Waals surface area contributed by atoms with Gasteiger partial charge in [-0.1, -0.05) is 13.8 Å². The summed E-state index contributed by atoms with van der Waals surface area (Å²) in [6.07, 6.45) is 4.13. The predicted octanol–water partition coefficient (Wildman–Crippen LogP) is 0.502. The van der Waals surface area contributed by atoms with E-state index >= 15 is 0 Å². The standard InChI is InChI=1S/C12H22N4O4S/c1-4-6-16(7-5-2)21(19,20)14-11(12(17)18)10-8-13-15(3)9-10/h8-9,11,14H,4-7H2,1-3H3,(H,17,18). The number of nitrogens with zero attached hydrogens (tertiary/aromatic N) is 3. The topological polar surface area (TPSA) is 105 Å². The number of aryl methyl sites for hydroxylation is 1. The van der Waals surface area contributed by atoms with E-state index < -0.39 is 22.2 Å². The lowest BCUT2D eigenvalue weighted by Gasteiger charge is -2.23. The first-order valence-electron chi connectivity index (χ1n) is 6.80. The van der Waals surface area contributed by atoms with Gasteiger partial charge in [0.15, 0.2) is 0 Å². The van der Waals surface area contributed by atoms with Gasteiger partial charge in [0.1, 0.15) is 6.04 Å². The lowest BCUT2D eigenvalue weighted by Crippen LogP contribution is -2.44. The number of carboxylic acid groups (broad SMARTS) is 1. The van der Waals surface area contributed by atoms with Crippen LogP contribution in [-0.2, 0) is 22.1 Å². The molecule has 0 aliphatic heterocycles. The van der Waals surface area contributed by atoms with Crippen LogP contribution in [-0.4, -0.2) is 46.7 Å². The van der Waals surface area contributed by atoms with Gasteiger partial charge in [0, 0.05) is 31.9 Å². The molecule has 0 bridgehead atoms. The first-order chi connectivity index (χ1) is 9.81. The SMILES string of the molecule is CCCN(CCC)S(=O)(=O)NC(C(=O)O)c1cnn(C)c1. The fourth-order valence-electron chi connectivity index (χ4n) is 1.92. The summed E-state index contributed by atoms with van der Waals surface area (Å²) < 4.78 is 29.6. The molecule has 0 aliphatic carbocycles. The number of aliphatic carboxylic acids is 1. The van der Waals surface area contributed by atoms with Crippen molar-refractivity contribution in [2.45, 2.75) is 32.7 Å². The monoisotopic (exact) mass is 318 g/mol. The van der Waals surface area contributed by atoms with Crippen molar-refractivity contribution in [3.63, 3.8) is 0 Å². The van der Waals surface area contributed by atoms with E-state index in [0.29, 0.717) is 31.5 Å². The van der Waals surface area contributed by atoms with E-state index in [2.05, 4.69) is 9.82 Å². The molecule has 1 heterocycles. The highest BCUT2D eigenvalue weighted by molar-refractivity contribution is 7.87. The van der Waals surface area contributed by atoms with Crippen molar-refractivity contribution in [1.82, 2.24) is 18.8 Å². The lowest BCUT2D eigenvalue weighted by atomic mass is 10.2. The van der Waals surface area contributed by atoms with Crippen LogP contribution in [0.4, 0.5) is 0 Å². The molecule has 9 heteroatoms. The van der Waals surface area contributed by atoms with Crippen LogP contribution < -0.4 is 4.72 Å². The van der Waals surface area contributed by atoms with E-state index in [1.54, 1.807) is 7.05 Å². The summed E-state index contributed by atoms with van der Waals surface area (Å²) in [6, 6.07) is -1.35. The first-order valence-corrected chi connectivity index (χ1v) is 8.24. The zero-order valence-corrected chi connectivity index (χ0v) is 13.3. The van der Waals surface area contributed by atoms with Crippen molar-refractivity contribution in [1.29, 1.82) is 0 Å². The van der Waals surface area contributed by atoms with Crippen LogP contribution in [0.15, 0.2) is 12.4 Å². The van der Waals surface area contributed by atoms with E-state index in [9.17, 15) is 18.3 Å². The molecular weight excluding hydrogens is 296 g/mol. The third-order valence-electron chi connectivity index (χ3n) is 2.86. The Bertz CT molecular complexity index is 564. The van der Waals surface area contributed by atoms with E-state index in [1.807, 2.05) is 13.8 Å². The Hall–Kier alpha value is -1.45. The van der Waals surface area contributed by atoms with Gasteiger partial charge in [0.05, 0.1) is 6.20 Å². The second-order valence-corrected chi connectivity index (χ2v) is 6.44. The number of hydrogen-bond acceptors (Lipinski definition) is 4. The predicted molar refractivity (Wildman–Crippen MR) is 77.8 cm³/mol. The van der Waals surface area contributed by atoms with Gasteiger partial charge in [0.25, 0.3) is 10.2 Å². The first kappa shape index (κ1) is 17.6. The molecule has 21 heavy (non-hydrogen) atoms. The molecule has 0 aromatic carbocycles. The zero-order valence-electron chi connectivity index (χ0n) is 12.5. The molecule has 1 aromatic rings. The van der Waals surface area contributed by atoms with Crippen LogP contribution in [0.5, 0.6) is 0 Å². The highest BCUT2D eigenvalue weighted by Crippen LogP contribution is 2.15. The summed E-state index contributed by atoms with van der Waals surface area (Å²) in [5.41, 5.74) is 0.293. The van der Waals surface area contributed by atoms with Gasteiger partial charge in [-0.25, -0.2) is 0 Å². The fraction of sp³-hybridized carbons (Fsp3) is 0.667. The van der Waals surface area contributed by atoms with Crippen LogP contribution in [0.2, 0.25) is 0 Å². The fourth-order valence-corrected chi connectivity index (χ4v) is 3.45. The van der Waals surface area contributed by atoms with Crippen LogP contribution in [0.3, 0.4) is 0 Å². The van der Waals surface area contributed by atoms with Crippen molar-refractivity contribution < 1.29 is 18.3 Å². The minimum atomic E-state index is -3.86. The molecular formula is C12H22N4O4S. The largest absolute Gasteiger partial charge is 0.480 e. The zero-order chi connectivity index (χ0) is 16.0. The Labute approximate surface area is 124 Å². The number of hydrogen-bond donors (Lipinski definition) is 2. The van der Waals surface area contributed by atoms with Gasteiger partial charge in [0.2, 0.25) is 0 Å². The van der Waals surface area contributed by atoms with Crippen molar-refractivity contribution in [3.05, 3.63) is 18.0 Å². The second-order valence-electron chi connectivity index (χ2n) is 4.74. The maximum atomic E-state index is 12.3. The van der Waals surface area contributed by atoms with Gasteiger partial charge in [-0.15, -0.1) is 0 Å². The smallest absolute Gasteiger partial charge is 0.326 e. The Morgan fingerprint density at radius 3 is 2.38 bits per heavy atom. The van der Waals surface area contributed by atoms with Crippen molar-refractivity contribution in [2.24, 2.45) is 7.05 Å². The molecule has 120 valence electrons. The lowest BCUT2D eigenvalue weighted by molar-refractivity contribution is -0.139. The number of rotatable bonds is 9. The van der Waals surface area contributed by atoms with Crippen LogP contribution >= 0.6 is 0 Å². The quantitative estimate of drug-likeness (QED) is 0.690. The summed E-state index contributed by atoms with van der Waals surface area (Å²) in [5, 5.41) is 13.1. The van der Waals surface area contributed by atoms with Crippen molar-refractivity contribution in [2.75, 3.05) is 13.1 Å².